The van der Waals surface area contributed by atoms with Crippen LogP contribution >= 0.6 is 24.0 Å². The molecule has 1 spiro atoms. The molecule has 1 aromatic rings. The van der Waals surface area contributed by atoms with Gasteiger partial charge in [-0.2, -0.15) is 0 Å². The molecule has 1 aromatic carbocycles. The third-order valence-electron chi connectivity index (χ3n) is 4.26. The van der Waals surface area contributed by atoms with Crippen molar-refractivity contribution in [2.75, 3.05) is 26.2 Å². The summed E-state index contributed by atoms with van der Waals surface area (Å²) in [5.74, 6) is 0. The van der Waals surface area contributed by atoms with Crippen LogP contribution < -0.4 is 5.32 Å². The second kappa shape index (κ2) is 6.86. The molecule has 0 aliphatic carbocycles. The van der Waals surface area contributed by atoms with Crippen molar-refractivity contribution in [3.63, 3.8) is 0 Å². The molecule has 116 valence electrons. The van der Waals surface area contributed by atoms with Crippen LogP contribution in [0.15, 0.2) is 24.3 Å². The maximum atomic E-state index is 11.2. The molecule has 6 heteroatoms. The lowest BCUT2D eigenvalue weighted by molar-refractivity contribution is 0.00123. The molecule has 0 bridgehead atoms. The van der Waals surface area contributed by atoms with E-state index in [-0.39, 0.29) is 24.1 Å². The van der Waals surface area contributed by atoms with E-state index in [2.05, 4.69) is 22.3 Å². The van der Waals surface area contributed by atoms with Crippen LogP contribution in [0.25, 0.3) is 0 Å². The maximum absolute atomic E-state index is 11.2. The van der Waals surface area contributed by atoms with E-state index in [0.29, 0.717) is 6.54 Å². The van der Waals surface area contributed by atoms with Gasteiger partial charge in [-0.25, -0.2) is 4.79 Å². The number of piperidine rings is 1. The topological polar surface area (TPSA) is 41.6 Å². The number of nitrogens with one attached hydrogen (secondary N) is 1. The summed E-state index contributed by atoms with van der Waals surface area (Å²) in [5.41, 5.74) is 1.07. The highest BCUT2D eigenvalue weighted by atomic mass is 35.5. The van der Waals surface area contributed by atoms with E-state index in [1.807, 2.05) is 12.1 Å². The first-order valence-corrected chi connectivity index (χ1v) is 7.47. The lowest BCUT2D eigenvalue weighted by atomic mass is 9.91. The van der Waals surface area contributed by atoms with Gasteiger partial charge >= 0.3 is 6.09 Å². The molecule has 4 nitrogen and oxygen atoms in total. The molecule has 0 radical (unpaired) electrons. The highest BCUT2D eigenvalue weighted by Crippen LogP contribution is 2.29. The molecule has 0 saturated carbocycles. The fourth-order valence-corrected chi connectivity index (χ4v) is 3.03. The molecule has 1 N–H and O–H groups in total. The molecule has 1 amide bonds. The summed E-state index contributed by atoms with van der Waals surface area (Å²) in [6.45, 7) is 3.68. The quantitative estimate of drug-likeness (QED) is 0.926. The molecule has 2 heterocycles. The van der Waals surface area contributed by atoms with Crippen molar-refractivity contribution in [1.82, 2.24) is 10.2 Å². The number of likely N-dealkylation sites (tertiary alicyclic amines) is 1. The Morgan fingerprint density at radius 2 is 1.90 bits per heavy atom. The van der Waals surface area contributed by atoms with Crippen molar-refractivity contribution in [2.24, 2.45) is 0 Å². The predicted octanol–water partition coefficient (Wildman–Crippen LogP) is 2.88. The first-order valence-electron chi connectivity index (χ1n) is 7.09. The zero-order chi connectivity index (χ0) is 14.0. The minimum Gasteiger partial charge on any atom is -0.441 e. The molecule has 3 rings (SSSR count). The summed E-state index contributed by atoms with van der Waals surface area (Å²) >= 11 is 5.88. The molecule has 0 unspecified atom stereocenters. The van der Waals surface area contributed by atoms with E-state index < -0.39 is 0 Å². The molecular formula is C15H20Cl2N2O2. The van der Waals surface area contributed by atoms with Crippen LogP contribution in [0, 0.1) is 0 Å². The lowest BCUT2D eigenvalue weighted by Gasteiger charge is -2.37. The van der Waals surface area contributed by atoms with Crippen molar-refractivity contribution in [1.29, 1.82) is 0 Å². The van der Waals surface area contributed by atoms with Crippen LogP contribution in [0.5, 0.6) is 0 Å². The number of hydrogen-bond acceptors (Lipinski definition) is 3. The largest absolute Gasteiger partial charge is 0.441 e. The van der Waals surface area contributed by atoms with E-state index >= 15 is 0 Å². The van der Waals surface area contributed by atoms with Crippen molar-refractivity contribution in [3.8, 4) is 0 Å². The van der Waals surface area contributed by atoms with Gasteiger partial charge in [0.25, 0.3) is 0 Å². The normalized spacial score (nSPS) is 20.7. The Labute approximate surface area is 136 Å². The van der Waals surface area contributed by atoms with Crippen LogP contribution in [-0.2, 0) is 11.2 Å². The van der Waals surface area contributed by atoms with Crippen LogP contribution in [-0.4, -0.2) is 42.8 Å². The van der Waals surface area contributed by atoms with Gasteiger partial charge < -0.3 is 15.0 Å². The van der Waals surface area contributed by atoms with Crippen molar-refractivity contribution < 1.29 is 9.53 Å². The van der Waals surface area contributed by atoms with Crippen LogP contribution in [0.4, 0.5) is 4.79 Å². The van der Waals surface area contributed by atoms with Gasteiger partial charge in [0.2, 0.25) is 0 Å². The summed E-state index contributed by atoms with van der Waals surface area (Å²) in [4.78, 5) is 13.6. The van der Waals surface area contributed by atoms with Crippen molar-refractivity contribution in [2.45, 2.75) is 24.9 Å². The maximum Gasteiger partial charge on any atom is 0.407 e. The van der Waals surface area contributed by atoms with Crippen molar-refractivity contribution in [3.05, 3.63) is 34.9 Å². The van der Waals surface area contributed by atoms with Crippen LogP contribution in [0.1, 0.15) is 18.4 Å². The number of hydrogen-bond donors (Lipinski definition) is 1. The molecule has 21 heavy (non-hydrogen) atoms. The Morgan fingerprint density at radius 1 is 1.24 bits per heavy atom. The first-order chi connectivity index (χ1) is 9.65. The predicted molar refractivity (Wildman–Crippen MR) is 85.3 cm³/mol. The first kappa shape index (κ1) is 16.4. The highest BCUT2D eigenvalue weighted by molar-refractivity contribution is 6.30. The zero-order valence-electron chi connectivity index (χ0n) is 11.8. The summed E-state index contributed by atoms with van der Waals surface area (Å²) in [6.07, 6.45) is 2.61. The molecule has 0 atom stereocenters. The van der Waals surface area contributed by atoms with Crippen molar-refractivity contribution >= 4 is 30.1 Å². The van der Waals surface area contributed by atoms with Crippen LogP contribution in [0.2, 0.25) is 5.02 Å². The number of carbonyl (C=O) groups is 1. The van der Waals surface area contributed by atoms with E-state index in [1.54, 1.807) is 0 Å². The highest BCUT2D eigenvalue weighted by Gasteiger charge is 2.42. The minimum atomic E-state index is -0.264. The van der Waals surface area contributed by atoms with Gasteiger partial charge in [0.1, 0.15) is 5.60 Å². The summed E-state index contributed by atoms with van der Waals surface area (Å²) < 4.78 is 5.42. The smallest absolute Gasteiger partial charge is 0.407 e. The van der Waals surface area contributed by atoms with Gasteiger partial charge in [0.15, 0.2) is 0 Å². The Balaban J connectivity index is 0.00000161. The fourth-order valence-electron chi connectivity index (χ4n) is 2.90. The van der Waals surface area contributed by atoms with E-state index in [0.717, 1.165) is 43.9 Å². The average molecular weight is 331 g/mol. The Bertz CT molecular complexity index is 485. The number of nitrogens with zero attached hydrogens (tertiary/aromatic N) is 1. The standard InChI is InChI=1S/C15H19ClN2O2.ClH/c16-13-3-1-12(2-4-13)5-8-18-9-6-15(7-10-18)11-17-14(19)20-15;/h1-4H,5-11H2,(H,17,19);1H. The third kappa shape index (κ3) is 4.02. The number of rotatable bonds is 3. The molecule has 2 saturated heterocycles. The number of halogens is 2. The second-order valence-electron chi connectivity index (χ2n) is 5.64. The Hall–Kier alpha value is -0.970. The molecule has 2 aliphatic heterocycles. The molecule has 0 aromatic heterocycles. The molecule has 2 fully saturated rings. The minimum absolute atomic E-state index is 0. The number of ether oxygens (including phenoxy) is 1. The molecule has 2 aliphatic rings. The van der Waals surface area contributed by atoms with Gasteiger partial charge in [0, 0.05) is 37.5 Å². The van der Waals surface area contributed by atoms with Gasteiger partial charge in [-0.15, -0.1) is 12.4 Å². The zero-order valence-corrected chi connectivity index (χ0v) is 13.4. The van der Waals surface area contributed by atoms with Gasteiger partial charge in [-0.3, -0.25) is 0 Å². The summed E-state index contributed by atoms with van der Waals surface area (Å²) in [7, 11) is 0. The SMILES string of the molecule is Cl.O=C1NCC2(CCN(CCc3ccc(Cl)cc3)CC2)O1. The Morgan fingerprint density at radius 3 is 2.48 bits per heavy atom. The second-order valence-corrected chi connectivity index (χ2v) is 6.08. The summed E-state index contributed by atoms with van der Waals surface area (Å²) in [5, 5.41) is 3.55. The van der Waals surface area contributed by atoms with E-state index in [1.165, 1.54) is 5.56 Å². The summed E-state index contributed by atoms with van der Waals surface area (Å²) in [6, 6.07) is 8.03. The van der Waals surface area contributed by atoms with E-state index in [9.17, 15) is 4.79 Å². The van der Waals surface area contributed by atoms with Gasteiger partial charge in [0.05, 0.1) is 6.54 Å². The average Bonchev–Trinajstić information content (AvgIpc) is 2.81. The van der Waals surface area contributed by atoms with Crippen LogP contribution in [0.3, 0.4) is 0 Å². The Kier molecular flexibility index (Phi) is 5.36. The van der Waals surface area contributed by atoms with E-state index in [4.69, 9.17) is 16.3 Å². The number of amides is 1. The number of benzene rings is 1. The van der Waals surface area contributed by atoms with Gasteiger partial charge in [-0.05, 0) is 24.1 Å². The third-order valence-corrected chi connectivity index (χ3v) is 4.51. The fraction of sp³-hybridized carbons (Fsp3) is 0.533. The number of alkyl carbamates (subject to hydrolysis) is 1. The lowest BCUT2D eigenvalue weighted by Crippen LogP contribution is -2.47. The number of carbonyl (C=O) groups excluding carboxylic acids is 1. The van der Waals surface area contributed by atoms with Gasteiger partial charge in [-0.1, -0.05) is 23.7 Å². The molecular weight excluding hydrogens is 311 g/mol. The monoisotopic (exact) mass is 330 g/mol.